The van der Waals surface area contributed by atoms with Crippen molar-refractivity contribution < 1.29 is 9.59 Å². The van der Waals surface area contributed by atoms with Crippen molar-refractivity contribution >= 4 is 33.4 Å². The van der Waals surface area contributed by atoms with E-state index >= 15 is 0 Å². The maximum atomic E-state index is 12.2. The van der Waals surface area contributed by atoms with Gasteiger partial charge in [-0.1, -0.05) is 41.8 Å². The molecule has 0 aromatic heterocycles. The van der Waals surface area contributed by atoms with E-state index in [1.807, 2.05) is 24.3 Å². The number of rotatable bonds is 7. The first-order valence-corrected chi connectivity index (χ1v) is 8.84. The van der Waals surface area contributed by atoms with E-state index < -0.39 is 0 Å². The van der Waals surface area contributed by atoms with Crippen LogP contribution in [0.3, 0.4) is 0 Å². The molecule has 5 heteroatoms. The summed E-state index contributed by atoms with van der Waals surface area (Å²) in [7, 11) is 0. The first-order chi connectivity index (χ1) is 11.6. The Kier molecular flexibility index (Phi) is 7.00. The van der Waals surface area contributed by atoms with Crippen molar-refractivity contribution in [2.45, 2.75) is 26.2 Å². The predicted octanol–water partition coefficient (Wildman–Crippen LogP) is 4.62. The maximum Gasteiger partial charge on any atom is 0.255 e. The van der Waals surface area contributed by atoms with Gasteiger partial charge in [0, 0.05) is 27.8 Å². The summed E-state index contributed by atoms with van der Waals surface area (Å²) < 4.78 is 0.899. The van der Waals surface area contributed by atoms with Gasteiger partial charge < -0.3 is 10.6 Å². The molecule has 0 radical (unpaired) electrons. The van der Waals surface area contributed by atoms with Crippen molar-refractivity contribution in [3.63, 3.8) is 0 Å². The van der Waals surface area contributed by atoms with Gasteiger partial charge in [0.2, 0.25) is 0 Å². The van der Waals surface area contributed by atoms with Crippen molar-refractivity contribution in [2.75, 3.05) is 11.9 Å². The number of hydrogen-bond acceptors (Lipinski definition) is 2. The third-order valence-corrected chi connectivity index (χ3v) is 4.05. The lowest BCUT2D eigenvalue weighted by atomic mass is 10.1. The number of carbonyl (C=O) groups is 2. The molecule has 24 heavy (non-hydrogen) atoms. The van der Waals surface area contributed by atoms with Gasteiger partial charge in [-0.05, 0) is 48.9 Å². The number of nitrogens with one attached hydrogen (secondary N) is 2. The fraction of sp³-hybridized carbons (Fsp3) is 0.263. The number of unbranched alkanes of at least 4 members (excludes halogenated alkanes) is 2. The molecule has 126 valence electrons. The molecule has 0 saturated carbocycles. The van der Waals surface area contributed by atoms with Crippen LogP contribution in [0.4, 0.5) is 5.69 Å². The molecule has 0 bridgehead atoms. The highest BCUT2D eigenvalue weighted by atomic mass is 79.9. The molecule has 4 nitrogen and oxygen atoms in total. The van der Waals surface area contributed by atoms with E-state index in [-0.39, 0.29) is 11.8 Å². The largest absolute Gasteiger partial charge is 0.352 e. The second kappa shape index (κ2) is 9.23. The van der Waals surface area contributed by atoms with Crippen molar-refractivity contribution in [2.24, 2.45) is 0 Å². The van der Waals surface area contributed by atoms with Crippen LogP contribution >= 0.6 is 15.9 Å². The second-order valence-corrected chi connectivity index (χ2v) is 6.42. The van der Waals surface area contributed by atoms with Gasteiger partial charge in [-0.25, -0.2) is 0 Å². The van der Waals surface area contributed by atoms with Crippen LogP contribution in [0.25, 0.3) is 0 Å². The Morgan fingerprint density at radius 2 is 1.62 bits per heavy atom. The average molecular weight is 389 g/mol. The van der Waals surface area contributed by atoms with Gasteiger partial charge in [-0.2, -0.15) is 0 Å². The van der Waals surface area contributed by atoms with Gasteiger partial charge in [0.05, 0.1) is 0 Å². The minimum atomic E-state index is -0.206. The Balaban J connectivity index is 1.93. The zero-order valence-electron chi connectivity index (χ0n) is 13.6. The molecule has 0 aliphatic heterocycles. The molecular formula is C19H21BrN2O2. The molecule has 2 aromatic rings. The van der Waals surface area contributed by atoms with E-state index in [2.05, 4.69) is 33.5 Å². The minimum absolute atomic E-state index is 0.106. The molecule has 0 unspecified atom stereocenters. The summed E-state index contributed by atoms with van der Waals surface area (Å²) in [6, 6.07) is 14.1. The Bertz CT molecular complexity index is 699. The number of carbonyl (C=O) groups excluding carboxylic acids is 2. The average Bonchev–Trinajstić information content (AvgIpc) is 2.58. The Morgan fingerprint density at radius 3 is 2.25 bits per heavy atom. The van der Waals surface area contributed by atoms with Gasteiger partial charge in [-0.3, -0.25) is 9.59 Å². The molecule has 0 saturated heterocycles. The van der Waals surface area contributed by atoms with Crippen LogP contribution in [0, 0.1) is 0 Å². The molecule has 2 aromatic carbocycles. The third-order valence-electron chi connectivity index (χ3n) is 3.56. The second-order valence-electron chi connectivity index (χ2n) is 5.50. The smallest absolute Gasteiger partial charge is 0.255 e. The molecule has 0 heterocycles. The summed E-state index contributed by atoms with van der Waals surface area (Å²) in [4.78, 5) is 24.2. The lowest BCUT2D eigenvalue weighted by Gasteiger charge is -2.07. The molecule has 0 fully saturated rings. The Morgan fingerprint density at radius 1 is 0.958 bits per heavy atom. The van der Waals surface area contributed by atoms with Crippen LogP contribution in [0.5, 0.6) is 0 Å². The van der Waals surface area contributed by atoms with E-state index in [0.29, 0.717) is 23.4 Å². The van der Waals surface area contributed by atoms with Crippen LogP contribution in [0.2, 0.25) is 0 Å². The highest BCUT2D eigenvalue weighted by Gasteiger charge is 2.09. The topological polar surface area (TPSA) is 58.2 Å². The van der Waals surface area contributed by atoms with Crippen molar-refractivity contribution in [3.05, 3.63) is 64.1 Å². The van der Waals surface area contributed by atoms with E-state index in [1.165, 1.54) is 0 Å². The SMILES string of the molecule is CCCCCNC(=O)c1ccc(C(=O)Nc2cccc(Br)c2)cc1. The summed E-state index contributed by atoms with van der Waals surface area (Å²) >= 11 is 3.37. The van der Waals surface area contributed by atoms with Crippen LogP contribution in [-0.4, -0.2) is 18.4 Å². The fourth-order valence-corrected chi connectivity index (χ4v) is 2.62. The summed E-state index contributed by atoms with van der Waals surface area (Å²) in [6.07, 6.45) is 3.21. The fourth-order valence-electron chi connectivity index (χ4n) is 2.22. The summed E-state index contributed by atoms with van der Waals surface area (Å²) in [5.74, 6) is -0.312. The molecule has 0 aliphatic rings. The number of benzene rings is 2. The quantitative estimate of drug-likeness (QED) is 0.679. The van der Waals surface area contributed by atoms with Crippen molar-refractivity contribution in [3.8, 4) is 0 Å². The predicted molar refractivity (Wildman–Crippen MR) is 100 cm³/mol. The summed E-state index contributed by atoms with van der Waals surface area (Å²) in [5.41, 5.74) is 1.79. The standard InChI is InChI=1S/C19H21BrN2O2/c1-2-3-4-12-21-18(23)14-8-10-15(11-9-14)19(24)22-17-7-5-6-16(20)13-17/h5-11,13H,2-4,12H2,1H3,(H,21,23)(H,22,24). The van der Waals surface area contributed by atoms with Crippen LogP contribution in [0.1, 0.15) is 46.9 Å². The highest BCUT2D eigenvalue weighted by Crippen LogP contribution is 2.16. The van der Waals surface area contributed by atoms with Gasteiger partial charge >= 0.3 is 0 Å². The van der Waals surface area contributed by atoms with Crippen LogP contribution in [0.15, 0.2) is 53.0 Å². The first kappa shape index (κ1) is 18.2. The molecular weight excluding hydrogens is 368 g/mol. The first-order valence-electron chi connectivity index (χ1n) is 8.05. The van der Waals surface area contributed by atoms with Crippen molar-refractivity contribution in [1.82, 2.24) is 5.32 Å². The number of halogens is 1. The van der Waals surface area contributed by atoms with E-state index in [1.54, 1.807) is 24.3 Å². The van der Waals surface area contributed by atoms with Crippen LogP contribution < -0.4 is 10.6 Å². The van der Waals surface area contributed by atoms with E-state index in [9.17, 15) is 9.59 Å². The van der Waals surface area contributed by atoms with E-state index in [0.717, 1.165) is 23.7 Å². The van der Waals surface area contributed by atoms with Crippen molar-refractivity contribution in [1.29, 1.82) is 0 Å². The zero-order valence-corrected chi connectivity index (χ0v) is 15.2. The van der Waals surface area contributed by atoms with Gasteiger partial charge in [0.1, 0.15) is 0 Å². The molecule has 2 rings (SSSR count). The van der Waals surface area contributed by atoms with E-state index in [4.69, 9.17) is 0 Å². The molecule has 0 atom stereocenters. The monoisotopic (exact) mass is 388 g/mol. The summed E-state index contributed by atoms with van der Waals surface area (Å²) in [6.45, 7) is 2.80. The minimum Gasteiger partial charge on any atom is -0.352 e. The lowest BCUT2D eigenvalue weighted by molar-refractivity contribution is 0.0951. The molecule has 2 amide bonds. The summed E-state index contributed by atoms with van der Waals surface area (Å²) in [5, 5.41) is 5.71. The third kappa shape index (κ3) is 5.49. The lowest BCUT2D eigenvalue weighted by Crippen LogP contribution is -2.24. The van der Waals surface area contributed by atoms with Gasteiger partial charge in [0.25, 0.3) is 11.8 Å². The molecule has 2 N–H and O–H groups in total. The maximum absolute atomic E-state index is 12.2. The number of anilines is 1. The highest BCUT2D eigenvalue weighted by molar-refractivity contribution is 9.10. The normalized spacial score (nSPS) is 10.2. The number of amides is 2. The Labute approximate surface area is 150 Å². The van der Waals surface area contributed by atoms with Gasteiger partial charge in [-0.15, -0.1) is 0 Å². The number of hydrogen-bond donors (Lipinski definition) is 2. The molecule has 0 spiro atoms. The Hall–Kier alpha value is -2.14. The molecule has 0 aliphatic carbocycles. The van der Waals surface area contributed by atoms with Crippen LogP contribution in [-0.2, 0) is 0 Å². The van der Waals surface area contributed by atoms with Gasteiger partial charge in [0.15, 0.2) is 0 Å². The zero-order chi connectivity index (χ0) is 17.4.